The van der Waals surface area contributed by atoms with Gasteiger partial charge in [-0.25, -0.2) is 14.4 Å². The maximum atomic E-state index is 13.4. The molecule has 1 aliphatic carbocycles. The molecule has 3 aliphatic heterocycles. The van der Waals surface area contributed by atoms with Crippen LogP contribution in [0.4, 0.5) is 0 Å². The maximum Gasteiger partial charge on any atom is 0.342 e. The number of aromatic hydroxyl groups is 3. The number of likely N-dealkylation sites (N-methyl/N-ethyl adjacent to an activating group) is 3. The third kappa shape index (κ3) is 19.3. The van der Waals surface area contributed by atoms with Crippen molar-refractivity contribution in [3.63, 3.8) is 0 Å². The maximum absolute atomic E-state index is 13.4. The average Bonchev–Trinajstić information content (AvgIpc) is 1.56. The molecular weight excluding hydrogens is 1590 g/mol. The summed E-state index contributed by atoms with van der Waals surface area (Å²) in [5.41, 5.74) is 8.76. The number of aromatic nitrogens is 3. The number of aryl methyl sites for hydroxylation is 3. The van der Waals surface area contributed by atoms with E-state index in [0.29, 0.717) is 142 Å². The normalized spacial score (nSPS) is 16.3. The summed E-state index contributed by atoms with van der Waals surface area (Å²) in [6.07, 6.45) is 19.0. The molecule has 4 fully saturated rings. The molecule has 126 heavy (non-hydrogen) atoms. The Morgan fingerprint density at radius 1 is 0.421 bits per heavy atom. The molecule has 3 atom stereocenters. The summed E-state index contributed by atoms with van der Waals surface area (Å²) in [6, 6.07) is 38.1. The van der Waals surface area contributed by atoms with Crippen molar-refractivity contribution >= 4 is 83.1 Å². The minimum Gasteiger partial charge on any atom is -0.507 e. The van der Waals surface area contributed by atoms with Gasteiger partial charge in [-0.3, -0.25) is 29.7 Å². The molecule has 0 spiro atoms. The molecule has 3 saturated heterocycles. The molecule has 3 N–H and O–H groups in total. The first kappa shape index (κ1) is 89.2. The molecular formula is C102H119N9O15. The van der Waals surface area contributed by atoms with E-state index in [1.165, 1.54) is 37.7 Å². The Hall–Kier alpha value is -11.6. The second-order valence-corrected chi connectivity index (χ2v) is 34.9. The summed E-state index contributed by atoms with van der Waals surface area (Å²) < 4.78 is 54.1. The lowest BCUT2D eigenvalue weighted by Gasteiger charge is -2.39. The smallest absolute Gasteiger partial charge is 0.342 e. The Bertz CT molecular complexity index is 5960. The molecule has 3 unspecified atom stereocenters. The SMILES string of the molecule is CCOC(=O)c1c(C)oc2c1c(C(c1ccncc1)N1CCN(C)CC1)c(O)c1cc(OCC(C)(C)C)ccc12.CCOC(=O)c1c(C)oc2c1c(C(c1ccncc1)N1CCN(C)CC1)c(O)c1cc(OCCC3CCCCC3)ccc12.CCOC(=O)c1c(C)oc2c1c(C(c1ccncc1)N1CCN(C)CC1)c(O)c1cc(OCCc3ccccc3)ccc12. The van der Waals surface area contributed by atoms with Crippen LogP contribution in [0.15, 0.2) is 172 Å². The zero-order valence-electron chi connectivity index (χ0n) is 74.8. The van der Waals surface area contributed by atoms with Crippen LogP contribution in [-0.2, 0) is 20.6 Å². The molecule has 24 heteroatoms. The van der Waals surface area contributed by atoms with E-state index >= 15 is 0 Å². The molecule has 13 aromatic rings. The first-order valence-corrected chi connectivity index (χ1v) is 44.6. The highest BCUT2D eigenvalue weighted by Crippen LogP contribution is 2.53. The number of hydrogen-bond acceptors (Lipinski definition) is 24. The fraction of sp³-hybridized carbons (Fsp3) is 0.412. The number of nitrogens with zero attached hydrogens (tertiary/aromatic N) is 9. The van der Waals surface area contributed by atoms with Gasteiger partial charge in [0.15, 0.2) is 0 Å². The Morgan fingerprint density at radius 3 is 1.07 bits per heavy atom. The summed E-state index contributed by atoms with van der Waals surface area (Å²) >= 11 is 0. The van der Waals surface area contributed by atoms with Gasteiger partial charge in [0.05, 0.1) is 57.8 Å². The number of rotatable bonds is 25. The minimum atomic E-state index is -0.466. The molecule has 4 aliphatic rings. The fourth-order valence-corrected chi connectivity index (χ4v) is 18.5. The van der Waals surface area contributed by atoms with Crippen LogP contribution in [-0.4, -0.2) is 217 Å². The molecule has 1 saturated carbocycles. The first-order valence-electron chi connectivity index (χ1n) is 44.6. The van der Waals surface area contributed by atoms with E-state index in [9.17, 15) is 29.7 Å². The quantitative estimate of drug-likeness (QED) is 0.0354. The van der Waals surface area contributed by atoms with Crippen molar-refractivity contribution in [2.45, 2.75) is 125 Å². The van der Waals surface area contributed by atoms with Gasteiger partial charge in [0, 0.05) is 187 Å². The van der Waals surface area contributed by atoms with Crippen LogP contribution in [0.1, 0.15) is 185 Å². The van der Waals surface area contributed by atoms with Gasteiger partial charge >= 0.3 is 17.9 Å². The standard InChI is InChI=1S/C35H43N3O5.C35H37N3O5.C32H39N3O5/c2*1-4-41-35(40)29-23(2)43-34-27-11-10-26(42-21-14-24-8-6-5-7-9-24)22-28(27)33(39)31(30(29)34)32(25-12-15-36-16-13-25)38-19-17-37(3)18-20-38;1-7-38-31(37)25-20(2)40-30-23-9-8-22(39-19-32(3,4)5)18-24(23)29(36)27(26(25)30)28(21-10-12-33-13-11-21)35-16-14-34(6)15-17-35/h10-13,15-16,22,24,32,39H,4-9,14,17-21H2,1-3H3;5-13,15-16,22,32,39H,4,14,17-21H2,1-3H3;8-13,18,28,36H,7,14-17,19H2,1-6H3. The van der Waals surface area contributed by atoms with Gasteiger partial charge in [0.2, 0.25) is 0 Å². The highest BCUT2D eigenvalue weighted by molar-refractivity contribution is 6.20. The fourth-order valence-electron chi connectivity index (χ4n) is 18.5. The number of pyridine rings is 3. The second-order valence-electron chi connectivity index (χ2n) is 34.9. The van der Waals surface area contributed by atoms with Gasteiger partial charge in [-0.15, -0.1) is 0 Å². The van der Waals surface area contributed by atoms with Crippen LogP contribution in [0, 0.1) is 32.1 Å². The number of carbonyl (C=O) groups excluding carboxylic acids is 3. The Morgan fingerprint density at radius 2 is 0.746 bits per heavy atom. The van der Waals surface area contributed by atoms with Gasteiger partial charge in [-0.2, -0.15) is 0 Å². The average molecular weight is 1710 g/mol. The van der Waals surface area contributed by atoms with Crippen molar-refractivity contribution in [1.29, 1.82) is 0 Å². The highest BCUT2D eigenvalue weighted by Gasteiger charge is 2.40. The molecule has 0 amide bonds. The molecule has 6 aromatic heterocycles. The number of phenolic OH excluding ortho intramolecular Hbond substituents is 3. The second kappa shape index (κ2) is 39.9. The van der Waals surface area contributed by atoms with Gasteiger partial charge in [0.25, 0.3) is 0 Å². The summed E-state index contributed by atoms with van der Waals surface area (Å²) in [6.45, 7) is 29.6. The number of benzene rings is 7. The summed E-state index contributed by atoms with van der Waals surface area (Å²) in [7, 11) is 6.35. The van der Waals surface area contributed by atoms with Gasteiger partial charge in [-0.1, -0.05) is 83.2 Å². The van der Waals surface area contributed by atoms with Gasteiger partial charge in [-0.05, 0) is 194 Å². The highest BCUT2D eigenvalue weighted by atomic mass is 16.5. The van der Waals surface area contributed by atoms with Crippen molar-refractivity contribution < 1.29 is 71.4 Å². The minimum absolute atomic E-state index is 0.0212. The summed E-state index contributed by atoms with van der Waals surface area (Å²) in [5.74, 6) is 3.11. The summed E-state index contributed by atoms with van der Waals surface area (Å²) in [5, 5.41) is 42.5. The molecule has 0 radical (unpaired) electrons. The van der Waals surface area contributed by atoms with E-state index in [1.54, 1.807) is 78.7 Å². The van der Waals surface area contributed by atoms with E-state index in [0.717, 1.165) is 125 Å². The predicted octanol–water partition coefficient (Wildman–Crippen LogP) is 18.9. The van der Waals surface area contributed by atoms with Crippen molar-refractivity contribution in [1.82, 2.24) is 44.4 Å². The van der Waals surface area contributed by atoms with Crippen molar-refractivity contribution in [3.05, 3.63) is 231 Å². The molecule has 9 heterocycles. The zero-order chi connectivity index (χ0) is 88.5. The van der Waals surface area contributed by atoms with E-state index in [2.05, 4.69) is 98.4 Å². The first-order chi connectivity index (χ1) is 61.0. The Balaban J connectivity index is 0.000000146. The lowest BCUT2D eigenvalue weighted by atomic mass is 9.87. The Kier molecular flexibility index (Phi) is 28.3. The number of esters is 3. The van der Waals surface area contributed by atoms with E-state index in [4.69, 9.17) is 41.7 Å². The topological polar surface area (TPSA) is 265 Å². The van der Waals surface area contributed by atoms with Crippen molar-refractivity contribution in [2.24, 2.45) is 11.3 Å². The van der Waals surface area contributed by atoms with Crippen LogP contribution < -0.4 is 14.2 Å². The number of furan rings is 3. The van der Waals surface area contributed by atoms with E-state index < -0.39 is 17.9 Å². The van der Waals surface area contributed by atoms with E-state index in [1.807, 2.05) is 109 Å². The van der Waals surface area contributed by atoms with E-state index in [-0.39, 0.29) is 60.6 Å². The lowest BCUT2D eigenvalue weighted by molar-refractivity contribution is 0.0516. The number of fused-ring (bicyclic) bond motifs is 9. The molecule has 662 valence electrons. The zero-order valence-corrected chi connectivity index (χ0v) is 74.8. The van der Waals surface area contributed by atoms with Crippen LogP contribution in [0.25, 0.3) is 65.2 Å². The monoisotopic (exact) mass is 1710 g/mol. The van der Waals surface area contributed by atoms with Crippen molar-refractivity contribution in [2.75, 3.05) is 139 Å². The molecule has 24 nitrogen and oxygen atoms in total. The molecule has 0 bridgehead atoms. The third-order valence-corrected chi connectivity index (χ3v) is 25.0. The Labute approximate surface area is 736 Å². The van der Waals surface area contributed by atoms with Crippen molar-refractivity contribution in [3.8, 4) is 34.5 Å². The van der Waals surface area contributed by atoms with Crippen LogP contribution in [0.3, 0.4) is 0 Å². The van der Waals surface area contributed by atoms with Crippen LogP contribution >= 0.6 is 0 Å². The number of piperazine rings is 3. The summed E-state index contributed by atoms with van der Waals surface area (Å²) in [4.78, 5) is 66.9. The van der Waals surface area contributed by atoms with Crippen LogP contribution in [0.5, 0.6) is 34.5 Å². The third-order valence-electron chi connectivity index (χ3n) is 25.0. The number of ether oxygens (including phenoxy) is 6. The van der Waals surface area contributed by atoms with Crippen LogP contribution in [0.2, 0.25) is 0 Å². The van der Waals surface area contributed by atoms with Gasteiger partial charge in [0.1, 0.15) is 85.2 Å². The van der Waals surface area contributed by atoms with Gasteiger partial charge < -0.3 is 71.7 Å². The molecule has 7 aromatic carbocycles. The number of phenols is 3. The number of carbonyl (C=O) groups is 3. The lowest BCUT2D eigenvalue weighted by Crippen LogP contribution is -2.46. The molecule has 17 rings (SSSR count). The predicted molar refractivity (Wildman–Crippen MR) is 491 cm³/mol. The largest absolute Gasteiger partial charge is 0.507 e. The number of hydrogen-bond donors (Lipinski definition) is 3.